The average Bonchev–Trinajstić information content (AvgIpc) is 2.61. The number of para-hydroxylation sites is 1. The molecule has 6 heteroatoms. The second-order valence-corrected chi connectivity index (χ2v) is 5.84. The lowest BCUT2D eigenvalue weighted by atomic mass is 10.2. The highest BCUT2D eigenvalue weighted by molar-refractivity contribution is 7.80. The Balaban J connectivity index is 1.58. The Morgan fingerprint density at radius 2 is 1.96 bits per heavy atom. The summed E-state index contributed by atoms with van der Waals surface area (Å²) in [5.41, 5.74) is 2.61. The molecule has 0 aliphatic carbocycles. The molecule has 1 amide bonds. The minimum atomic E-state index is -0.320. The molecule has 2 N–H and O–H groups in total. The number of benzene rings is 2. The van der Waals surface area contributed by atoms with Gasteiger partial charge in [-0.15, -0.1) is 0 Å². The van der Waals surface area contributed by atoms with Crippen molar-refractivity contribution in [2.45, 2.75) is 6.92 Å². The normalized spacial score (nSPS) is 10.3. The van der Waals surface area contributed by atoms with E-state index in [1.54, 1.807) is 6.20 Å². The first kappa shape index (κ1) is 16.9. The summed E-state index contributed by atoms with van der Waals surface area (Å²) >= 11 is 5.21. The molecule has 1 aromatic heterocycles. The van der Waals surface area contributed by atoms with Gasteiger partial charge >= 0.3 is 0 Å². The van der Waals surface area contributed by atoms with Gasteiger partial charge < -0.3 is 10.1 Å². The summed E-state index contributed by atoms with van der Waals surface area (Å²) in [6.07, 6.45) is 1.73. The zero-order chi connectivity index (χ0) is 17.6. The van der Waals surface area contributed by atoms with Crippen LogP contribution in [-0.4, -0.2) is 22.6 Å². The summed E-state index contributed by atoms with van der Waals surface area (Å²) < 4.78 is 5.51. The van der Waals surface area contributed by atoms with Crippen LogP contribution in [0.4, 0.5) is 5.69 Å². The lowest BCUT2D eigenvalue weighted by molar-refractivity contribution is -0.121. The fourth-order valence-electron chi connectivity index (χ4n) is 2.39. The molecule has 1 heterocycles. The molecular formula is C19H17N3O2S. The molecule has 0 saturated heterocycles. The molecule has 126 valence electrons. The van der Waals surface area contributed by atoms with E-state index in [9.17, 15) is 4.79 Å². The first-order valence-electron chi connectivity index (χ1n) is 7.76. The minimum absolute atomic E-state index is 0.107. The highest BCUT2D eigenvalue weighted by atomic mass is 32.1. The van der Waals surface area contributed by atoms with Gasteiger partial charge in [0.25, 0.3) is 5.91 Å². The number of carbonyl (C=O) groups is 1. The van der Waals surface area contributed by atoms with Crippen LogP contribution >= 0.6 is 12.2 Å². The highest BCUT2D eigenvalue weighted by Gasteiger charge is 2.08. The maximum Gasteiger partial charge on any atom is 0.264 e. The van der Waals surface area contributed by atoms with Crippen LogP contribution in [0.5, 0.6) is 5.75 Å². The largest absolute Gasteiger partial charge is 0.483 e. The van der Waals surface area contributed by atoms with Crippen LogP contribution in [0, 0.1) is 6.92 Å². The first-order valence-corrected chi connectivity index (χ1v) is 8.17. The summed E-state index contributed by atoms with van der Waals surface area (Å²) in [6.45, 7) is 1.82. The number of rotatable bonds is 4. The number of thiocarbonyl (C=S) groups is 1. The number of ether oxygens (including phenoxy) is 1. The molecule has 0 atom stereocenters. The predicted octanol–water partition coefficient (Wildman–Crippen LogP) is 3.44. The predicted molar refractivity (Wildman–Crippen MR) is 103 cm³/mol. The van der Waals surface area contributed by atoms with Gasteiger partial charge in [-0.1, -0.05) is 24.3 Å². The van der Waals surface area contributed by atoms with E-state index >= 15 is 0 Å². The maximum atomic E-state index is 12.0. The third kappa shape index (κ3) is 4.30. The van der Waals surface area contributed by atoms with Gasteiger partial charge in [0.15, 0.2) is 11.7 Å². The molecule has 0 saturated carbocycles. The van der Waals surface area contributed by atoms with Crippen molar-refractivity contribution in [3.05, 3.63) is 66.4 Å². The highest BCUT2D eigenvalue weighted by Crippen LogP contribution is 2.21. The number of nitrogens with one attached hydrogen (secondary N) is 2. The Hall–Kier alpha value is -2.99. The topological polar surface area (TPSA) is 63.2 Å². The number of anilines is 1. The van der Waals surface area contributed by atoms with Gasteiger partial charge in [0.2, 0.25) is 0 Å². The zero-order valence-corrected chi connectivity index (χ0v) is 14.5. The monoisotopic (exact) mass is 351 g/mol. The fraction of sp³-hybridized carbons (Fsp3) is 0.105. The maximum absolute atomic E-state index is 12.0. The minimum Gasteiger partial charge on any atom is -0.483 e. The molecule has 0 unspecified atom stereocenters. The second kappa shape index (κ2) is 7.72. The van der Waals surface area contributed by atoms with Crippen LogP contribution < -0.4 is 15.4 Å². The van der Waals surface area contributed by atoms with Gasteiger partial charge in [-0.2, -0.15) is 0 Å². The molecule has 3 aromatic rings. The van der Waals surface area contributed by atoms with Crippen molar-refractivity contribution in [2.75, 3.05) is 11.9 Å². The number of aromatic nitrogens is 1. The smallest absolute Gasteiger partial charge is 0.264 e. The van der Waals surface area contributed by atoms with Crippen molar-refractivity contribution in [1.29, 1.82) is 0 Å². The van der Waals surface area contributed by atoms with E-state index < -0.39 is 0 Å². The van der Waals surface area contributed by atoms with Gasteiger partial charge in [-0.05, 0) is 55.0 Å². The Morgan fingerprint density at radius 3 is 2.80 bits per heavy atom. The molecule has 2 aromatic carbocycles. The van der Waals surface area contributed by atoms with Crippen molar-refractivity contribution in [3.8, 4) is 5.75 Å². The number of nitrogens with zero attached hydrogens (tertiary/aromatic N) is 1. The fourth-order valence-corrected chi connectivity index (χ4v) is 2.61. The summed E-state index contributed by atoms with van der Waals surface area (Å²) in [4.78, 5) is 16.3. The molecule has 0 spiro atoms. The average molecular weight is 351 g/mol. The number of carbonyl (C=O) groups excluding carboxylic acids is 1. The Kier molecular flexibility index (Phi) is 5.20. The van der Waals surface area contributed by atoms with E-state index in [4.69, 9.17) is 17.0 Å². The number of hydrogen-bond donors (Lipinski definition) is 2. The third-order valence-corrected chi connectivity index (χ3v) is 3.80. The summed E-state index contributed by atoms with van der Waals surface area (Å²) in [5.74, 6) is 0.357. The molecule has 0 radical (unpaired) electrons. The summed E-state index contributed by atoms with van der Waals surface area (Å²) in [5, 5.41) is 6.79. The lowest BCUT2D eigenvalue weighted by Gasteiger charge is -2.12. The van der Waals surface area contributed by atoms with Crippen molar-refractivity contribution < 1.29 is 9.53 Å². The first-order chi connectivity index (χ1) is 12.1. The van der Waals surface area contributed by atoms with Gasteiger partial charge in [0.1, 0.15) is 5.75 Å². The third-order valence-electron chi connectivity index (χ3n) is 3.60. The Bertz CT molecular complexity index is 922. The van der Waals surface area contributed by atoms with Gasteiger partial charge in [-0.25, -0.2) is 0 Å². The van der Waals surface area contributed by atoms with Crippen molar-refractivity contribution >= 4 is 39.8 Å². The van der Waals surface area contributed by atoms with Crippen LogP contribution in [0.1, 0.15) is 5.56 Å². The number of hydrogen-bond acceptors (Lipinski definition) is 4. The lowest BCUT2D eigenvalue weighted by Crippen LogP contribution is -2.37. The molecule has 0 aliphatic heterocycles. The van der Waals surface area contributed by atoms with Crippen LogP contribution in [-0.2, 0) is 4.79 Å². The molecule has 0 bridgehead atoms. The number of aryl methyl sites for hydroxylation is 1. The van der Waals surface area contributed by atoms with Crippen LogP contribution in [0.3, 0.4) is 0 Å². The van der Waals surface area contributed by atoms with Gasteiger partial charge in [-0.3, -0.25) is 15.1 Å². The molecule has 0 fully saturated rings. The van der Waals surface area contributed by atoms with Gasteiger partial charge in [0.05, 0.1) is 5.52 Å². The van der Waals surface area contributed by atoms with Crippen LogP contribution in [0.25, 0.3) is 10.9 Å². The van der Waals surface area contributed by atoms with Crippen LogP contribution in [0.15, 0.2) is 60.8 Å². The molecule has 3 rings (SSSR count). The number of amides is 1. The second-order valence-electron chi connectivity index (χ2n) is 5.43. The van der Waals surface area contributed by atoms with E-state index in [0.29, 0.717) is 5.75 Å². The number of fused-ring (bicyclic) bond motifs is 1. The SMILES string of the molecule is Cc1ccccc1OCC(=O)NC(=S)Nc1cccc2ncccc12. The van der Waals surface area contributed by atoms with E-state index in [-0.39, 0.29) is 17.6 Å². The number of pyridine rings is 1. The zero-order valence-electron chi connectivity index (χ0n) is 13.7. The van der Waals surface area contributed by atoms with E-state index in [1.165, 1.54) is 0 Å². The van der Waals surface area contributed by atoms with Crippen LogP contribution in [0.2, 0.25) is 0 Å². The van der Waals surface area contributed by atoms with E-state index in [0.717, 1.165) is 22.2 Å². The summed E-state index contributed by atoms with van der Waals surface area (Å²) in [7, 11) is 0. The quantitative estimate of drug-likeness (QED) is 0.705. The molecule has 25 heavy (non-hydrogen) atoms. The van der Waals surface area contributed by atoms with Crippen molar-refractivity contribution in [2.24, 2.45) is 0 Å². The molecule has 0 aliphatic rings. The van der Waals surface area contributed by atoms with Crippen molar-refractivity contribution in [3.63, 3.8) is 0 Å². The van der Waals surface area contributed by atoms with E-state index in [2.05, 4.69) is 15.6 Å². The standard InChI is InChI=1S/C19H17N3O2S/c1-13-6-2-3-10-17(13)24-12-18(23)22-19(25)21-16-9-4-8-15-14(16)7-5-11-20-15/h2-11H,12H2,1H3,(H2,21,22,23,25). The molecule has 5 nitrogen and oxygen atoms in total. The Labute approximate surface area is 151 Å². The molecular weight excluding hydrogens is 334 g/mol. The summed E-state index contributed by atoms with van der Waals surface area (Å²) in [6, 6.07) is 17.0. The Morgan fingerprint density at radius 1 is 1.12 bits per heavy atom. The van der Waals surface area contributed by atoms with E-state index in [1.807, 2.05) is 61.5 Å². The van der Waals surface area contributed by atoms with Crippen molar-refractivity contribution in [1.82, 2.24) is 10.3 Å². The van der Waals surface area contributed by atoms with Gasteiger partial charge in [0, 0.05) is 17.3 Å².